The van der Waals surface area contributed by atoms with E-state index in [2.05, 4.69) is 18.7 Å². The number of rotatable bonds is 3. The van der Waals surface area contributed by atoms with Gasteiger partial charge in [0.2, 0.25) is 0 Å². The van der Waals surface area contributed by atoms with E-state index in [-0.39, 0.29) is 0 Å². The number of nitrogens with zero attached hydrogens (tertiary/aromatic N) is 1. The molecule has 2 heteroatoms. The van der Waals surface area contributed by atoms with Gasteiger partial charge in [-0.1, -0.05) is 20.3 Å². The lowest BCUT2D eigenvalue weighted by Crippen LogP contribution is -2.36. The van der Waals surface area contributed by atoms with Gasteiger partial charge in [-0.15, -0.1) is 0 Å². The third-order valence-electron chi connectivity index (χ3n) is 4.51. The zero-order valence-corrected chi connectivity index (χ0v) is 9.63. The predicted molar refractivity (Wildman–Crippen MR) is 60.1 cm³/mol. The fourth-order valence-electron chi connectivity index (χ4n) is 2.78. The summed E-state index contributed by atoms with van der Waals surface area (Å²) in [5, 5.41) is 0. The fourth-order valence-corrected chi connectivity index (χ4v) is 2.78. The van der Waals surface area contributed by atoms with Crippen LogP contribution >= 0.6 is 0 Å². The normalized spacial score (nSPS) is 40.1. The molecule has 2 aliphatic rings. The highest BCUT2D eigenvalue weighted by Gasteiger charge is 2.39. The molecule has 2 rings (SSSR count). The van der Waals surface area contributed by atoms with Crippen LogP contribution < -0.4 is 5.73 Å². The molecule has 2 fully saturated rings. The summed E-state index contributed by atoms with van der Waals surface area (Å²) < 4.78 is 0. The molecule has 0 aromatic carbocycles. The number of hydrogen-bond donors (Lipinski definition) is 1. The van der Waals surface area contributed by atoms with Crippen LogP contribution in [0.3, 0.4) is 0 Å². The van der Waals surface area contributed by atoms with Crippen LogP contribution in [0.2, 0.25) is 0 Å². The lowest BCUT2D eigenvalue weighted by molar-refractivity contribution is 0.189. The van der Waals surface area contributed by atoms with Crippen molar-refractivity contribution in [3.8, 4) is 0 Å². The zero-order chi connectivity index (χ0) is 10.2. The molecule has 82 valence electrons. The quantitative estimate of drug-likeness (QED) is 0.744. The van der Waals surface area contributed by atoms with Gasteiger partial charge in [-0.2, -0.15) is 0 Å². The molecule has 0 radical (unpaired) electrons. The van der Waals surface area contributed by atoms with Gasteiger partial charge in [0.15, 0.2) is 0 Å². The standard InChI is InChI=1S/C12H24N2/c1-10-6-14(7-11-4-3-5-11)9-12(10,2)8-13/h10-11H,3-9,13H2,1-2H3. The van der Waals surface area contributed by atoms with E-state index in [0.29, 0.717) is 5.41 Å². The second-order valence-corrected chi connectivity index (χ2v) is 5.75. The minimum atomic E-state index is 0.379. The minimum absolute atomic E-state index is 0.379. The van der Waals surface area contributed by atoms with Crippen molar-refractivity contribution in [2.75, 3.05) is 26.2 Å². The van der Waals surface area contributed by atoms with Crippen LogP contribution in [-0.2, 0) is 0 Å². The van der Waals surface area contributed by atoms with Crippen LogP contribution in [0.25, 0.3) is 0 Å². The van der Waals surface area contributed by atoms with Crippen LogP contribution in [0.5, 0.6) is 0 Å². The lowest BCUT2D eigenvalue weighted by Gasteiger charge is -2.31. The van der Waals surface area contributed by atoms with Gasteiger partial charge in [-0.05, 0) is 36.6 Å². The van der Waals surface area contributed by atoms with Crippen LogP contribution in [0.1, 0.15) is 33.1 Å². The molecule has 0 aromatic rings. The molecule has 2 unspecified atom stereocenters. The smallest absolute Gasteiger partial charge is 0.00507 e. The molecule has 1 saturated carbocycles. The Hall–Kier alpha value is -0.0800. The van der Waals surface area contributed by atoms with Crippen molar-refractivity contribution in [2.24, 2.45) is 23.0 Å². The Morgan fingerprint density at radius 1 is 1.43 bits per heavy atom. The summed E-state index contributed by atoms with van der Waals surface area (Å²) in [5.74, 6) is 1.77. The largest absolute Gasteiger partial charge is 0.330 e. The molecule has 0 bridgehead atoms. The SMILES string of the molecule is CC1CN(CC2CCC2)CC1(C)CN. The van der Waals surface area contributed by atoms with E-state index in [1.807, 2.05) is 0 Å². The molecule has 1 aliphatic carbocycles. The van der Waals surface area contributed by atoms with Crippen LogP contribution in [-0.4, -0.2) is 31.1 Å². The van der Waals surface area contributed by atoms with E-state index in [1.54, 1.807) is 0 Å². The molecular formula is C12H24N2. The second-order valence-electron chi connectivity index (χ2n) is 5.75. The molecule has 1 aliphatic heterocycles. The van der Waals surface area contributed by atoms with Gasteiger partial charge in [-0.3, -0.25) is 0 Å². The molecule has 1 saturated heterocycles. The average Bonchev–Trinajstić information content (AvgIpc) is 2.37. The highest BCUT2D eigenvalue weighted by Crippen LogP contribution is 2.36. The Bertz CT molecular complexity index is 198. The van der Waals surface area contributed by atoms with E-state index < -0.39 is 0 Å². The molecule has 0 aromatic heterocycles. The number of hydrogen-bond acceptors (Lipinski definition) is 2. The first-order valence-corrected chi connectivity index (χ1v) is 6.06. The average molecular weight is 196 g/mol. The molecule has 0 amide bonds. The van der Waals surface area contributed by atoms with Crippen molar-refractivity contribution >= 4 is 0 Å². The maximum atomic E-state index is 5.87. The summed E-state index contributed by atoms with van der Waals surface area (Å²) in [6, 6.07) is 0. The van der Waals surface area contributed by atoms with Gasteiger partial charge in [0, 0.05) is 19.6 Å². The van der Waals surface area contributed by atoms with Gasteiger partial charge in [0.1, 0.15) is 0 Å². The van der Waals surface area contributed by atoms with E-state index in [0.717, 1.165) is 18.4 Å². The van der Waals surface area contributed by atoms with Crippen LogP contribution in [0, 0.1) is 17.3 Å². The summed E-state index contributed by atoms with van der Waals surface area (Å²) in [6.07, 6.45) is 4.39. The Morgan fingerprint density at radius 3 is 2.57 bits per heavy atom. The summed E-state index contributed by atoms with van der Waals surface area (Å²) in [5.41, 5.74) is 6.25. The third kappa shape index (κ3) is 1.82. The van der Waals surface area contributed by atoms with Gasteiger partial charge < -0.3 is 10.6 Å². The second kappa shape index (κ2) is 3.82. The molecule has 2 nitrogen and oxygen atoms in total. The van der Waals surface area contributed by atoms with E-state index in [1.165, 1.54) is 38.9 Å². The monoisotopic (exact) mass is 196 g/mol. The highest BCUT2D eigenvalue weighted by molar-refractivity contribution is 4.93. The Morgan fingerprint density at radius 2 is 2.14 bits per heavy atom. The zero-order valence-electron chi connectivity index (χ0n) is 9.63. The van der Waals surface area contributed by atoms with Gasteiger partial charge in [-0.25, -0.2) is 0 Å². The van der Waals surface area contributed by atoms with Crippen LogP contribution in [0.15, 0.2) is 0 Å². The summed E-state index contributed by atoms with van der Waals surface area (Å²) in [7, 11) is 0. The van der Waals surface area contributed by atoms with Gasteiger partial charge in [0.05, 0.1) is 0 Å². The Kier molecular flexibility index (Phi) is 2.85. The lowest BCUT2D eigenvalue weighted by atomic mass is 9.81. The van der Waals surface area contributed by atoms with Crippen molar-refractivity contribution in [3.05, 3.63) is 0 Å². The van der Waals surface area contributed by atoms with E-state index in [9.17, 15) is 0 Å². The van der Waals surface area contributed by atoms with Crippen molar-refractivity contribution in [3.63, 3.8) is 0 Å². The van der Waals surface area contributed by atoms with Crippen molar-refractivity contribution < 1.29 is 0 Å². The number of likely N-dealkylation sites (tertiary alicyclic amines) is 1. The van der Waals surface area contributed by atoms with Gasteiger partial charge >= 0.3 is 0 Å². The maximum Gasteiger partial charge on any atom is 0.00507 e. The number of nitrogens with two attached hydrogens (primary N) is 1. The summed E-state index contributed by atoms with van der Waals surface area (Å²) in [4.78, 5) is 2.64. The molecular weight excluding hydrogens is 172 g/mol. The topological polar surface area (TPSA) is 29.3 Å². The first-order chi connectivity index (χ1) is 6.64. The summed E-state index contributed by atoms with van der Waals surface area (Å²) in [6.45, 7) is 9.37. The van der Waals surface area contributed by atoms with E-state index >= 15 is 0 Å². The van der Waals surface area contributed by atoms with Gasteiger partial charge in [0.25, 0.3) is 0 Å². The molecule has 2 atom stereocenters. The first kappa shape index (κ1) is 10.4. The van der Waals surface area contributed by atoms with Crippen LogP contribution in [0.4, 0.5) is 0 Å². The van der Waals surface area contributed by atoms with Crippen molar-refractivity contribution in [2.45, 2.75) is 33.1 Å². The highest BCUT2D eigenvalue weighted by atomic mass is 15.2. The van der Waals surface area contributed by atoms with E-state index in [4.69, 9.17) is 5.73 Å². The fraction of sp³-hybridized carbons (Fsp3) is 1.00. The molecule has 0 spiro atoms. The third-order valence-corrected chi connectivity index (χ3v) is 4.51. The molecule has 14 heavy (non-hydrogen) atoms. The Labute approximate surface area is 87.8 Å². The predicted octanol–water partition coefficient (Wildman–Crippen LogP) is 1.70. The molecule has 2 N–H and O–H groups in total. The Balaban J connectivity index is 1.85. The van der Waals surface area contributed by atoms with Crippen molar-refractivity contribution in [1.82, 2.24) is 4.90 Å². The maximum absolute atomic E-state index is 5.87. The molecule has 1 heterocycles. The first-order valence-electron chi connectivity index (χ1n) is 6.06. The van der Waals surface area contributed by atoms with Crippen molar-refractivity contribution in [1.29, 1.82) is 0 Å². The minimum Gasteiger partial charge on any atom is -0.330 e. The summed E-state index contributed by atoms with van der Waals surface area (Å²) >= 11 is 0.